The molecule has 3 rings (SSSR count). The average molecular weight is 320 g/mol. The largest absolute Gasteiger partial charge is 0.507 e. The fourth-order valence-corrected chi connectivity index (χ4v) is 1.98. The Morgan fingerprint density at radius 2 is 2.14 bits per heavy atom. The number of nitrogens with zero attached hydrogens (tertiary/aromatic N) is 1. The van der Waals surface area contributed by atoms with Crippen LogP contribution in [0.1, 0.15) is 16.1 Å². The summed E-state index contributed by atoms with van der Waals surface area (Å²) < 4.78 is 15.3. The predicted molar refractivity (Wildman–Crippen MR) is 76.4 cm³/mol. The Morgan fingerprint density at radius 1 is 1.27 bits per heavy atom. The van der Waals surface area contributed by atoms with E-state index < -0.39 is 5.97 Å². The van der Waals surface area contributed by atoms with Crippen molar-refractivity contribution < 1.29 is 23.6 Å². The van der Waals surface area contributed by atoms with Gasteiger partial charge in [-0.1, -0.05) is 16.8 Å². The number of carbonyl (C=O) groups is 1. The lowest BCUT2D eigenvalue weighted by molar-refractivity contribution is 0.0461. The number of rotatable bonds is 4. The zero-order chi connectivity index (χ0) is 15.5. The van der Waals surface area contributed by atoms with Crippen LogP contribution < -0.4 is 0 Å². The van der Waals surface area contributed by atoms with Gasteiger partial charge in [-0.05, 0) is 30.3 Å². The molecule has 1 N–H and O–H groups in total. The molecule has 0 aliphatic rings. The molecule has 0 atom stereocenters. The van der Waals surface area contributed by atoms with Crippen LogP contribution in [0.25, 0.3) is 11.5 Å². The Bertz CT molecular complexity index is 794. The minimum atomic E-state index is -0.706. The number of carbonyl (C=O) groups excluding carboxylic acids is 1. The molecule has 0 unspecified atom stereocenters. The summed E-state index contributed by atoms with van der Waals surface area (Å²) in [4.78, 5) is 11.9. The highest BCUT2D eigenvalue weighted by molar-refractivity contribution is 6.31. The third-order valence-corrected chi connectivity index (χ3v) is 3.09. The van der Waals surface area contributed by atoms with Gasteiger partial charge in [-0.3, -0.25) is 0 Å². The number of benzene rings is 1. The molecule has 0 saturated carbocycles. The summed E-state index contributed by atoms with van der Waals surface area (Å²) in [7, 11) is 0. The third kappa shape index (κ3) is 2.96. The summed E-state index contributed by atoms with van der Waals surface area (Å²) in [6.45, 7) is -0.102. The second-order valence-corrected chi connectivity index (χ2v) is 4.83. The average Bonchev–Trinajstić information content (AvgIpc) is 3.17. The van der Waals surface area contributed by atoms with Crippen LogP contribution in [0.15, 0.2) is 51.6 Å². The standard InChI is InChI=1S/C15H10ClNO5/c16-9-3-4-12(18)11(6-9)15(19)21-8-10-7-14(22-17-10)13-2-1-5-20-13/h1-7,18H,8H2. The van der Waals surface area contributed by atoms with Gasteiger partial charge in [0.2, 0.25) is 5.76 Å². The molecule has 2 aromatic heterocycles. The van der Waals surface area contributed by atoms with Crippen molar-refractivity contribution >= 4 is 17.6 Å². The van der Waals surface area contributed by atoms with E-state index in [0.29, 0.717) is 22.2 Å². The molecule has 0 radical (unpaired) electrons. The summed E-state index contributed by atoms with van der Waals surface area (Å²) in [6, 6.07) is 9.17. The summed E-state index contributed by atoms with van der Waals surface area (Å²) in [5.74, 6) is 0.0487. The number of aromatic hydroxyl groups is 1. The molecule has 2 heterocycles. The number of phenols is 1. The van der Waals surface area contributed by atoms with Crippen LogP contribution in [0.2, 0.25) is 5.02 Å². The van der Waals surface area contributed by atoms with Crippen LogP contribution in [0.4, 0.5) is 0 Å². The first kappa shape index (κ1) is 14.2. The Labute approximate surface area is 129 Å². The van der Waals surface area contributed by atoms with Gasteiger partial charge in [0.15, 0.2) is 5.76 Å². The molecular formula is C15H10ClNO5. The van der Waals surface area contributed by atoms with Gasteiger partial charge in [0.1, 0.15) is 23.6 Å². The predicted octanol–water partition coefficient (Wildman–Crippen LogP) is 3.65. The molecule has 0 fully saturated rings. The van der Waals surface area contributed by atoms with Crippen LogP contribution in [0, 0.1) is 0 Å². The van der Waals surface area contributed by atoms with Crippen LogP contribution >= 0.6 is 11.6 Å². The van der Waals surface area contributed by atoms with Crippen molar-refractivity contribution in [3.8, 4) is 17.3 Å². The van der Waals surface area contributed by atoms with Gasteiger partial charge in [0, 0.05) is 11.1 Å². The van der Waals surface area contributed by atoms with Gasteiger partial charge >= 0.3 is 5.97 Å². The smallest absolute Gasteiger partial charge is 0.342 e. The molecule has 0 aliphatic carbocycles. The number of phenolic OH excluding ortho intramolecular Hbond substituents is 1. The Balaban J connectivity index is 1.67. The lowest BCUT2D eigenvalue weighted by Gasteiger charge is -2.04. The number of furan rings is 1. The molecule has 6 nitrogen and oxygen atoms in total. The highest BCUT2D eigenvalue weighted by atomic mass is 35.5. The van der Waals surface area contributed by atoms with E-state index in [1.54, 1.807) is 18.2 Å². The topological polar surface area (TPSA) is 85.7 Å². The molecule has 112 valence electrons. The first-order valence-corrected chi connectivity index (χ1v) is 6.66. The SMILES string of the molecule is O=C(OCc1cc(-c2ccco2)on1)c1cc(Cl)ccc1O. The van der Waals surface area contributed by atoms with Crippen molar-refractivity contribution in [1.82, 2.24) is 5.16 Å². The Kier molecular flexibility index (Phi) is 3.84. The number of aromatic nitrogens is 1. The lowest BCUT2D eigenvalue weighted by Crippen LogP contribution is -2.05. The van der Waals surface area contributed by atoms with E-state index in [2.05, 4.69) is 5.16 Å². The van der Waals surface area contributed by atoms with E-state index >= 15 is 0 Å². The molecule has 0 aliphatic heterocycles. The normalized spacial score (nSPS) is 10.6. The van der Waals surface area contributed by atoms with Crippen molar-refractivity contribution in [3.05, 3.63) is 58.9 Å². The van der Waals surface area contributed by atoms with Crippen molar-refractivity contribution in [2.75, 3.05) is 0 Å². The fraction of sp³-hybridized carbons (Fsp3) is 0.0667. The van der Waals surface area contributed by atoms with Gasteiger partial charge in [-0.2, -0.15) is 0 Å². The maximum absolute atomic E-state index is 11.9. The summed E-state index contributed by atoms with van der Waals surface area (Å²) in [5.41, 5.74) is 0.406. The van der Waals surface area contributed by atoms with Crippen molar-refractivity contribution in [2.45, 2.75) is 6.61 Å². The maximum atomic E-state index is 11.9. The molecule has 1 aromatic carbocycles. The molecular weight excluding hydrogens is 310 g/mol. The molecule has 22 heavy (non-hydrogen) atoms. The first-order valence-electron chi connectivity index (χ1n) is 6.28. The Hall–Kier alpha value is -2.73. The quantitative estimate of drug-likeness (QED) is 0.739. The monoisotopic (exact) mass is 319 g/mol. The minimum Gasteiger partial charge on any atom is -0.507 e. The maximum Gasteiger partial charge on any atom is 0.342 e. The number of halogens is 1. The van der Waals surface area contributed by atoms with E-state index in [1.165, 1.54) is 24.5 Å². The zero-order valence-corrected chi connectivity index (χ0v) is 11.9. The second-order valence-electron chi connectivity index (χ2n) is 4.40. The molecule has 3 aromatic rings. The summed E-state index contributed by atoms with van der Waals surface area (Å²) >= 11 is 5.78. The highest BCUT2D eigenvalue weighted by Crippen LogP contribution is 2.24. The lowest BCUT2D eigenvalue weighted by atomic mass is 10.2. The molecule has 0 saturated heterocycles. The van der Waals surface area contributed by atoms with E-state index in [1.807, 2.05) is 0 Å². The number of hydrogen-bond donors (Lipinski definition) is 1. The molecule has 7 heteroatoms. The van der Waals surface area contributed by atoms with Gasteiger partial charge in [-0.25, -0.2) is 4.79 Å². The second kappa shape index (κ2) is 5.95. The number of ether oxygens (including phenoxy) is 1. The summed E-state index contributed by atoms with van der Waals surface area (Å²) in [5, 5.41) is 13.7. The number of hydrogen-bond acceptors (Lipinski definition) is 6. The van der Waals surface area contributed by atoms with Crippen LogP contribution in [-0.4, -0.2) is 16.2 Å². The first-order chi connectivity index (χ1) is 10.6. The van der Waals surface area contributed by atoms with Crippen LogP contribution in [0.3, 0.4) is 0 Å². The van der Waals surface area contributed by atoms with Gasteiger partial charge in [0.05, 0.1) is 6.26 Å². The number of esters is 1. The van der Waals surface area contributed by atoms with E-state index in [9.17, 15) is 9.90 Å². The minimum absolute atomic E-state index is 0.0118. The molecule has 0 spiro atoms. The zero-order valence-electron chi connectivity index (χ0n) is 11.2. The van der Waals surface area contributed by atoms with Crippen LogP contribution in [0.5, 0.6) is 5.75 Å². The molecule has 0 bridgehead atoms. The van der Waals surface area contributed by atoms with Crippen molar-refractivity contribution in [2.24, 2.45) is 0 Å². The van der Waals surface area contributed by atoms with E-state index in [0.717, 1.165) is 0 Å². The fourth-order valence-electron chi connectivity index (χ4n) is 1.80. The van der Waals surface area contributed by atoms with Gasteiger partial charge < -0.3 is 18.8 Å². The van der Waals surface area contributed by atoms with Crippen molar-refractivity contribution in [1.29, 1.82) is 0 Å². The molecule has 0 amide bonds. The van der Waals surface area contributed by atoms with Gasteiger partial charge in [0.25, 0.3) is 0 Å². The van der Waals surface area contributed by atoms with E-state index in [4.69, 9.17) is 25.3 Å². The van der Waals surface area contributed by atoms with Gasteiger partial charge in [-0.15, -0.1) is 0 Å². The highest BCUT2D eigenvalue weighted by Gasteiger charge is 2.15. The van der Waals surface area contributed by atoms with Crippen molar-refractivity contribution in [3.63, 3.8) is 0 Å². The third-order valence-electron chi connectivity index (χ3n) is 2.85. The van der Waals surface area contributed by atoms with Crippen LogP contribution in [-0.2, 0) is 11.3 Å². The summed E-state index contributed by atoms with van der Waals surface area (Å²) in [6.07, 6.45) is 1.51. The van der Waals surface area contributed by atoms with E-state index in [-0.39, 0.29) is 17.9 Å². The Morgan fingerprint density at radius 3 is 2.91 bits per heavy atom.